The molecule has 0 saturated carbocycles. The molecule has 5 nitrogen and oxygen atoms in total. The minimum Gasteiger partial charge on any atom is -0.355 e. The van der Waals surface area contributed by atoms with E-state index in [1.807, 2.05) is 38.1 Å². The predicted molar refractivity (Wildman–Crippen MR) is 94.2 cm³/mol. The van der Waals surface area contributed by atoms with Crippen molar-refractivity contribution in [2.45, 2.75) is 51.9 Å². The molecular formula is C18H24ClN3O2. The normalized spacial score (nSPS) is 11.8. The van der Waals surface area contributed by atoms with Crippen LogP contribution in [0.4, 0.5) is 0 Å². The van der Waals surface area contributed by atoms with E-state index in [4.69, 9.17) is 16.1 Å². The van der Waals surface area contributed by atoms with Crippen LogP contribution in [0.2, 0.25) is 5.02 Å². The molecule has 1 N–H and O–H groups in total. The summed E-state index contributed by atoms with van der Waals surface area (Å²) in [6.45, 7) is 8.68. The summed E-state index contributed by atoms with van der Waals surface area (Å²) >= 11 is 6.04. The number of hydrogen-bond donors (Lipinski definition) is 1. The van der Waals surface area contributed by atoms with Crippen molar-refractivity contribution in [1.82, 2.24) is 15.5 Å². The maximum absolute atomic E-state index is 12.1. The number of nitrogens with one attached hydrogen (secondary N) is 1. The Morgan fingerprint density at radius 2 is 2.12 bits per heavy atom. The van der Waals surface area contributed by atoms with Gasteiger partial charge in [-0.15, -0.1) is 0 Å². The molecule has 130 valence electrons. The standard InChI is InChI=1S/C18H24ClN3O2/c1-12(2)17-21-16(24-22-17)9-8-15(23)20-11-18(3,4)13-6-5-7-14(19)10-13/h5-7,10,12H,8-9,11H2,1-4H3,(H,20,23). The zero-order valence-corrected chi connectivity index (χ0v) is 15.4. The van der Waals surface area contributed by atoms with Crippen LogP contribution in [0.25, 0.3) is 0 Å². The number of carbonyl (C=O) groups is 1. The van der Waals surface area contributed by atoms with E-state index in [0.29, 0.717) is 36.1 Å². The van der Waals surface area contributed by atoms with E-state index in [1.54, 1.807) is 0 Å². The highest BCUT2D eigenvalue weighted by atomic mass is 35.5. The van der Waals surface area contributed by atoms with E-state index in [0.717, 1.165) is 5.56 Å². The summed E-state index contributed by atoms with van der Waals surface area (Å²) in [6.07, 6.45) is 0.772. The van der Waals surface area contributed by atoms with Crippen LogP contribution in [0.1, 0.15) is 57.3 Å². The molecule has 0 atom stereocenters. The molecule has 0 aliphatic rings. The molecule has 0 bridgehead atoms. The van der Waals surface area contributed by atoms with Gasteiger partial charge in [0.05, 0.1) is 0 Å². The van der Waals surface area contributed by atoms with Crippen molar-refractivity contribution in [2.24, 2.45) is 0 Å². The first kappa shape index (κ1) is 18.5. The number of carbonyl (C=O) groups excluding carboxylic acids is 1. The zero-order chi connectivity index (χ0) is 17.7. The van der Waals surface area contributed by atoms with Crippen molar-refractivity contribution in [3.63, 3.8) is 0 Å². The zero-order valence-electron chi connectivity index (χ0n) is 14.6. The number of halogens is 1. The van der Waals surface area contributed by atoms with E-state index in [9.17, 15) is 4.79 Å². The molecule has 0 aliphatic heterocycles. The van der Waals surface area contributed by atoms with Crippen LogP contribution in [0.3, 0.4) is 0 Å². The Kier molecular flexibility index (Phi) is 5.99. The van der Waals surface area contributed by atoms with Crippen molar-refractivity contribution in [1.29, 1.82) is 0 Å². The average molecular weight is 350 g/mol. The lowest BCUT2D eigenvalue weighted by Gasteiger charge is -2.25. The van der Waals surface area contributed by atoms with Gasteiger partial charge < -0.3 is 9.84 Å². The maximum atomic E-state index is 12.1. The molecule has 2 aromatic rings. The SMILES string of the molecule is CC(C)c1noc(CCC(=O)NCC(C)(C)c2cccc(Cl)c2)n1. The van der Waals surface area contributed by atoms with Gasteiger partial charge in [0.15, 0.2) is 5.82 Å². The van der Waals surface area contributed by atoms with Crippen LogP contribution >= 0.6 is 11.6 Å². The number of aromatic nitrogens is 2. The molecule has 0 unspecified atom stereocenters. The molecule has 24 heavy (non-hydrogen) atoms. The van der Waals surface area contributed by atoms with Gasteiger partial charge in [0.25, 0.3) is 0 Å². The molecule has 1 heterocycles. The van der Waals surface area contributed by atoms with Crippen molar-refractivity contribution in [3.8, 4) is 0 Å². The first-order valence-corrected chi connectivity index (χ1v) is 8.51. The van der Waals surface area contributed by atoms with Gasteiger partial charge in [-0.2, -0.15) is 4.98 Å². The highest BCUT2D eigenvalue weighted by Gasteiger charge is 2.22. The van der Waals surface area contributed by atoms with Crippen molar-refractivity contribution in [3.05, 3.63) is 46.6 Å². The number of amides is 1. The summed E-state index contributed by atoms with van der Waals surface area (Å²) in [6, 6.07) is 7.71. The summed E-state index contributed by atoms with van der Waals surface area (Å²) in [4.78, 5) is 16.4. The van der Waals surface area contributed by atoms with Gasteiger partial charge in [-0.3, -0.25) is 4.79 Å². The van der Waals surface area contributed by atoms with E-state index >= 15 is 0 Å². The Balaban J connectivity index is 1.83. The fraction of sp³-hybridized carbons (Fsp3) is 0.500. The van der Waals surface area contributed by atoms with Gasteiger partial charge >= 0.3 is 0 Å². The van der Waals surface area contributed by atoms with Crippen molar-refractivity contribution >= 4 is 17.5 Å². The van der Waals surface area contributed by atoms with E-state index < -0.39 is 0 Å². The van der Waals surface area contributed by atoms with Gasteiger partial charge in [-0.25, -0.2) is 0 Å². The van der Waals surface area contributed by atoms with Gasteiger partial charge in [-0.05, 0) is 17.7 Å². The molecule has 1 aromatic carbocycles. The van der Waals surface area contributed by atoms with E-state index in [-0.39, 0.29) is 17.2 Å². The van der Waals surface area contributed by atoms with Gasteiger partial charge in [-0.1, -0.05) is 56.6 Å². The highest BCUT2D eigenvalue weighted by Crippen LogP contribution is 2.24. The number of nitrogens with zero attached hydrogens (tertiary/aromatic N) is 2. The Hall–Kier alpha value is -1.88. The summed E-state index contributed by atoms with van der Waals surface area (Å²) in [5, 5.41) is 7.56. The molecule has 0 fully saturated rings. The quantitative estimate of drug-likeness (QED) is 0.823. The van der Waals surface area contributed by atoms with Crippen molar-refractivity contribution < 1.29 is 9.32 Å². The lowest BCUT2D eigenvalue weighted by Crippen LogP contribution is -2.36. The lowest BCUT2D eigenvalue weighted by molar-refractivity contribution is -0.121. The van der Waals surface area contributed by atoms with Crippen LogP contribution in [0.15, 0.2) is 28.8 Å². The Bertz CT molecular complexity index is 695. The molecule has 1 amide bonds. The third-order valence-electron chi connectivity index (χ3n) is 3.90. The average Bonchev–Trinajstić information content (AvgIpc) is 3.00. The second-order valence-electron chi connectivity index (χ2n) is 6.87. The van der Waals surface area contributed by atoms with Crippen LogP contribution in [0.5, 0.6) is 0 Å². The van der Waals surface area contributed by atoms with E-state index in [1.165, 1.54) is 0 Å². The lowest BCUT2D eigenvalue weighted by atomic mass is 9.84. The van der Waals surface area contributed by atoms with E-state index in [2.05, 4.69) is 29.3 Å². The second-order valence-corrected chi connectivity index (χ2v) is 7.31. The predicted octanol–water partition coefficient (Wildman–Crippen LogP) is 3.87. The maximum Gasteiger partial charge on any atom is 0.227 e. The summed E-state index contributed by atoms with van der Waals surface area (Å²) < 4.78 is 5.15. The Morgan fingerprint density at radius 1 is 1.38 bits per heavy atom. The van der Waals surface area contributed by atoms with Crippen molar-refractivity contribution in [2.75, 3.05) is 6.54 Å². The minimum absolute atomic E-state index is 0.0330. The third-order valence-corrected chi connectivity index (χ3v) is 4.13. The molecule has 0 saturated heterocycles. The second kappa shape index (κ2) is 7.79. The van der Waals surface area contributed by atoms with Gasteiger partial charge in [0, 0.05) is 35.7 Å². The fourth-order valence-corrected chi connectivity index (χ4v) is 2.43. The highest BCUT2D eigenvalue weighted by molar-refractivity contribution is 6.30. The van der Waals surface area contributed by atoms with Gasteiger partial charge in [0.1, 0.15) is 0 Å². The largest absolute Gasteiger partial charge is 0.355 e. The number of aryl methyl sites for hydroxylation is 1. The Labute approximate surface area is 147 Å². The third kappa shape index (κ3) is 5.06. The topological polar surface area (TPSA) is 68.0 Å². The molecule has 0 spiro atoms. The molecule has 2 rings (SSSR count). The summed E-state index contributed by atoms with van der Waals surface area (Å²) in [5.41, 5.74) is 0.893. The molecule has 0 radical (unpaired) electrons. The number of benzene rings is 1. The fourth-order valence-electron chi connectivity index (χ4n) is 2.24. The van der Waals surface area contributed by atoms with Crippen LogP contribution in [0, 0.1) is 0 Å². The molecule has 0 aliphatic carbocycles. The van der Waals surface area contributed by atoms with Crippen LogP contribution < -0.4 is 5.32 Å². The summed E-state index contributed by atoms with van der Waals surface area (Å²) in [7, 11) is 0. The van der Waals surface area contributed by atoms with Crippen LogP contribution in [-0.4, -0.2) is 22.6 Å². The Morgan fingerprint density at radius 3 is 2.75 bits per heavy atom. The minimum atomic E-state index is -0.199. The number of rotatable bonds is 7. The first-order chi connectivity index (χ1) is 11.3. The van der Waals surface area contributed by atoms with Gasteiger partial charge in [0.2, 0.25) is 11.8 Å². The number of hydrogen-bond acceptors (Lipinski definition) is 4. The van der Waals surface area contributed by atoms with Crippen LogP contribution in [-0.2, 0) is 16.6 Å². The first-order valence-electron chi connectivity index (χ1n) is 8.13. The summed E-state index contributed by atoms with van der Waals surface area (Å²) in [5.74, 6) is 1.36. The molecule has 6 heteroatoms. The molecule has 1 aromatic heterocycles. The molecular weight excluding hydrogens is 326 g/mol. The monoisotopic (exact) mass is 349 g/mol. The smallest absolute Gasteiger partial charge is 0.227 e.